The Morgan fingerprint density at radius 3 is 2.82 bits per heavy atom. The fourth-order valence-corrected chi connectivity index (χ4v) is 3.02. The summed E-state index contributed by atoms with van der Waals surface area (Å²) in [5, 5.41) is 5.80. The summed E-state index contributed by atoms with van der Waals surface area (Å²) in [6, 6.07) is 5.34. The number of nitrogens with one attached hydrogen (secondary N) is 2. The molecule has 1 aromatic heterocycles. The maximum absolute atomic E-state index is 12.1. The smallest absolute Gasteiger partial charge is 0.407 e. The summed E-state index contributed by atoms with van der Waals surface area (Å²) in [6.07, 6.45) is 1.84. The van der Waals surface area contributed by atoms with Gasteiger partial charge in [-0.25, -0.2) is 4.79 Å². The number of amides is 3. The number of furan rings is 1. The van der Waals surface area contributed by atoms with Gasteiger partial charge in [-0.15, -0.1) is 0 Å². The summed E-state index contributed by atoms with van der Waals surface area (Å²) in [5.74, 6) is -0.358. The lowest BCUT2D eigenvalue weighted by Crippen LogP contribution is -2.39. The van der Waals surface area contributed by atoms with E-state index in [0.29, 0.717) is 30.7 Å². The zero-order chi connectivity index (χ0) is 20.3. The minimum absolute atomic E-state index is 0.246. The molecule has 3 amide bonds. The maximum Gasteiger partial charge on any atom is 0.407 e. The van der Waals surface area contributed by atoms with Crippen molar-refractivity contribution < 1.29 is 28.3 Å². The molecule has 1 aliphatic rings. The molecule has 1 fully saturated rings. The van der Waals surface area contributed by atoms with Crippen LogP contribution in [0.15, 0.2) is 28.9 Å². The van der Waals surface area contributed by atoms with Gasteiger partial charge in [0, 0.05) is 23.4 Å². The van der Waals surface area contributed by atoms with Gasteiger partial charge >= 0.3 is 6.09 Å². The topological polar surface area (TPSA) is 107 Å². The van der Waals surface area contributed by atoms with Gasteiger partial charge in [-0.3, -0.25) is 14.9 Å². The molecule has 8 nitrogen and oxygen atoms in total. The highest BCUT2D eigenvalue weighted by atomic mass is 16.6. The van der Waals surface area contributed by atoms with Crippen LogP contribution < -0.4 is 15.4 Å². The first-order valence-corrected chi connectivity index (χ1v) is 9.17. The van der Waals surface area contributed by atoms with Gasteiger partial charge in [0.05, 0.1) is 18.7 Å². The molecule has 1 atom stereocenters. The van der Waals surface area contributed by atoms with Crippen LogP contribution in [0.25, 0.3) is 11.0 Å². The van der Waals surface area contributed by atoms with Crippen molar-refractivity contribution in [1.29, 1.82) is 0 Å². The summed E-state index contributed by atoms with van der Waals surface area (Å²) >= 11 is 0. The third kappa shape index (κ3) is 4.82. The number of benzene rings is 1. The van der Waals surface area contributed by atoms with Crippen molar-refractivity contribution >= 4 is 28.9 Å². The van der Waals surface area contributed by atoms with Crippen LogP contribution in [0.2, 0.25) is 0 Å². The Labute approximate surface area is 162 Å². The molecule has 0 radical (unpaired) electrons. The second kappa shape index (κ2) is 7.92. The van der Waals surface area contributed by atoms with E-state index in [9.17, 15) is 14.4 Å². The molecule has 150 valence electrons. The van der Waals surface area contributed by atoms with Gasteiger partial charge in [-0.1, -0.05) is 0 Å². The molecule has 28 heavy (non-hydrogen) atoms. The SMILES string of the molecule is CC(C)(C)OC(=O)NCCOc1ccc2c(C3CCC(=O)NC3=O)coc2c1. The first-order chi connectivity index (χ1) is 13.2. The number of alkyl carbamates (subject to hydrolysis) is 1. The van der Waals surface area contributed by atoms with Gasteiger partial charge in [0.1, 0.15) is 23.5 Å². The average Bonchev–Trinajstić information content (AvgIpc) is 3.00. The molecule has 2 heterocycles. The van der Waals surface area contributed by atoms with Crippen LogP contribution in [0.4, 0.5) is 4.79 Å². The largest absolute Gasteiger partial charge is 0.492 e. The van der Waals surface area contributed by atoms with E-state index in [1.807, 2.05) is 6.07 Å². The van der Waals surface area contributed by atoms with Crippen molar-refractivity contribution in [3.63, 3.8) is 0 Å². The molecule has 2 aromatic rings. The van der Waals surface area contributed by atoms with Crippen molar-refractivity contribution in [2.75, 3.05) is 13.2 Å². The van der Waals surface area contributed by atoms with E-state index in [1.165, 1.54) is 0 Å². The van der Waals surface area contributed by atoms with E-state index < -0.39 is 17.6 Å². The standard InChI is InChI=1S/C20H24N2O6/c1-20(2,3)28-19(25)21-8-9-26-12-4-5-13-15(11-27-16(13)10-12)14-6-7-17(23)22-18(14)24/h4-5,10-11,14H,6-9H2,1-3H3,(H,21,25)(H,22,23,24). The Hall–Kier alpha value is -3.03. The first kappa shape index (κ1) is 19.7. The zero-order valence-electron chi connectivity index (χ0n) is 16.2. The van der Waals surface area contributed by atoms with Gasteiger partial charge in [0.25, 0.3) is 0 Å². The first-order valence-electron chi connectivity index (χ1n) is 9.17. The number of hydrogen-bond acceptors (Lipinski definition) is 6. The van der Waals surface area contributed by atoms with Crippen molar-refractivity contribution in [2.24, 2.45) is 0 Å². The average molecular weight is 388 g/mol. The minimum Gasteiger partial charge on any atom is -0.492 e. The second-order valence-electron chi connectivity index (χ2n) is 7.63. The third-order valence-electron chi connectivity index (χ3n) is 4.23. The predicted octanol–water partition coefficient (Wildman–Crippen LogP) is 2.86. The number of hydrogen-bond donors (Lipinski definition) is 2. The molecule has 8 heteroatoms. The molecular formula is C20H24N2O6. The van der Waals surface area contributed by atoms with Gasteiger partial charge in [0.2, 0.25) is 11.8 Å². The number of piperidine rings is 1. The Morgan fingerprint density at radius 1 is 1.32 bits per heavy atom. The van der Waals surface area contributed by atoms with E-state index in [1.54, 1.807) is 39.2 Å². The van der Waals surface area contributed by atoms with Crippen LogP contribution in [0, 0.1) is 0 Å². The van der Waals surface area contributed by atoms with Crippen LogP contribution in [-0.2, 0) is 14.3 Å². The number of imide groups is 1. The number of carbonyl (C=O) groups is 3. The predicted molar refractivity (Wildman–Crippen MR) is 101 cm³/mol. The molecule has 0 aliphatic carbocycles. The van der Waals surface area contributed by atoms with Crippen LogP contribution >= 0.6 is 0 Å². The summed E-state index contributed by atoms with van der Waals surface area (Å²) in [6.45, 7) is 5.96. The van der Waals surface area contributed by atoms with Gasteiger partial charge in [0.15, 0.2) is 0 Å². The fourth-order valence-electron chi connectivity index (χ4n) is 3.02. The van der Waals surface area contributed by atoms with E-state index in [4.69, 9.17) is 13.9 Å². The summed E-state index contributed by atoms with van der Waals surface area (Å²) in [7, 11) is 0. The highest BCUT2D eigenvalue weighted by molar-refractivity contribution is 6.02. The maximum atomic E-state index is 12.1. The van der Waals surface area contributed by atoms with Crippen LogP contribution in [0.3, 0.4) is 0 Å². The fraction of sp³-hybridized carbons (Fsp3) is 0.450. The molecular weight excluding hydrogens is 364 g/mol. The van der Waals surface area contributed by atoms with Crippen LogP contribution in [0.5, 0.6) is 5.75 Å². The number of ether oxygens (including phenoxy) is 2. The molecule has 0 saturated carbocycles. The lowest BCUT2D eigenvalue weighted by Gasteiger charge is -2.20. The second-order valence-corrected chi connectivity index (χ2v) is 7.63. The third-order valence-corrected chi connectivity index (χ3v) is 4.23. The van der Waals surface area contributed by atoms with Gasteiger partial charge < -0.3 is 19.2 Å². The lowest BCUT2D eigenvalue weighted by atomic mass is 9.90. The monoisotopic (exact) mass is 388 g/mol. The molecule has 1 aromatic carbocycles. The number of carbonyl (C=O) groups excluding carboxylic acids is 3. The van der Waals surface area contributed by atoms with Gasteiger partial charge in [-0.2, -0.15) is 0 Å². The molecule has 1 unspecified atom stereocenters. The van der Waals surface area contributed by atoms with Crippen molar-refractivity contribution in [3.8, 4) is 5.75 Å². The summed E-state index contributed by atoms with van der Waals surface area (Å²) < 4.78 is 16.4. The minimum atomic E-state index is -0.546. The molecule has 0 spiro atoms. The van der Waals surface area contributed by atoms with Crippen LogP contribution in [0.1, 0.15) is 45.1 Å². The Kier molecular flexibility index (Phi) is 5.58. The zero-order valence-corrected chi connectivity index (χ0v) is 16.2. The lowest BCUT2D eigenvalue weighted by molar-refractivity contribution is -0.134. The van der Waals surface area contributed by atoms with Crippen molar-refractivity contribution in [3.05, 3.63) is 30.0 Å². The van der Waals surface area contributed by atoms with Gasteiger partial charge in [-0.05, 0) is 39.3 Å². The summed E-state index contributed by atoms with van der Waals surface area (Å²) in [4.78, 5) is 35.0. The van der Waals surface area contributed by atoms with E-state index >= 15 is 0 Å². The van der Waals surface area contributed by atoms with E-state index in [2.05, 4.69) is 10.6 Å². The van der Waals surface area contributed by atoms with E-state index in [-0.39, 0.29) is 18.4 Å². The molecule has 2 N–H and O–H groups in total. The molecule has 0 bridgehead atoms. The normalized spacial score (nSPS) is 17.3. The highest BCUT2D eigenvalue weighted by Crippen LogP contribution is 2.34. The summed E-state index contributed by atoms with van der Waals surface area (Å²) in [5.41, 5.74) is 0.811. The van der Waals surface area contributed by atoms with Crippen molar-refractivity contribution in [1.82, 2.24) is 10.6 Å². The quantitative estimate of drug-likeness (QED) is 0.602. The number of rotatable bonds is 5. The molecule has 1 aliphatic heterocycles. The van der Waals surface area contributed by atoms with E-state index in [0.717, 1.165) is 10.9 Å². The Balaban J connectivity index is 1.58. The molecule has 3 rings (SSSR count). The Morgan fingerprint density at radius 2 is 2.11 bits per heavy atom. The highest BCUT2D eigenvalue weighted by Gasteiger charge is 2.30. The Bertz CT molecular complexity index is 896. The molecule has 1 saturated heterocycles. The van der Waals surface area contributed by atoms with Crippen LogP contribution in [-0.4, -0.2) is 36.7 Å². The van der Waals surface area contributed by atoms with Crippen molar-refractivity contribution in [2.45, 2.75) is 45.1 Å². The number of fused-ring (bicyclic) bond motifs is 1.